The Morgan fingerprint density at radius 1 is 1.54 bits per heavy atom. The highest BCUT2D eigenvalue weighted by atomic mass is 35.5. The first kappa shape index (κ1) is 10.1. The summed E-state index contributed by atoms with van der Waals surface area (Å²) < 4.78 is 0. The molecule has 0 radical (unpaired) electrons. The van der Waals surface area contributed by atoms with Gasteiger partial charge in [-0.1, -0.05) is 24.2 Å². The highest BCUT2D eigenvalue weighted by molar-refractivity contribution is 6.33. The third-order valence-corrected chi connectivity index (χ3v) is 2.26. The zero-order valence-corrected chi connectivity index (χ0v) is 8.31. The molecule has 0 aliphatic carbocycles. The Balaban J connectivity index is 3.04. The minimum atomic E-state index is -0.0689. The fourth-order valence-corrected chi connectivity index (χ4v) is 1.12. The van der Waals surface area contributed by atoms with Crippen LogP contribution in [0.15, 0.2) is 24.8 Å². The third-order valence-electron chi connectivity index (χ3n) is 1.92. The molecule has 0 aliphatic heterocycles. The fraction of sp³-hybridized carbons (Fsp3) is 0.200. The Labute approximate surface area is 83.2 Å². The summed E-state index contributed by atoms with van der Waals surface area (Å²) in [5.74, 6) is 0. The third kappa shape index (κ3) is 2.23. The van der Waals surface area contributed by atoms with E-state index in [9.17, 15) is 0 Å². The van der Waals surface area contributed by atoms with Gasteiger partial charge in [0.1, 0.15) is 0 Å². The average molecular weight is 197 g/mol. The van der Waals surface area contributed by atoms with E-state index in [2.05, 4.69) is 6.58 Å². The molecule has 1 unspecified atom stereocenters. The van der Waals surface area contributed by atoms with Crippen molar-refractivity contribution in [3.8, 4) is 0 Å². The minimum Gasteiger partial charge on any atom is -0.398 e. The lowest BCUT2D eigenvalue weighted by molar-refractivity contribution is 0.949. The van der Waals surface area contributed by atoms with Crippen molar-refractivity contribution < 1.29 is 0 Å². The molecule has 0 saturated heterocycles. The van der Waals surface area contributed by atoms with Gasteiger partial charge in [0, 0.05) is 6.04 Å². The normalized spacial score (nSPS) is 12.5. The van der Waals surface area contributed by atoms with Crippen LogP contribution in [0.5, 0.6) is 0 Å². The van der Waals surface area contributed by atoms with Crippen LogP contribution in [0.3, 0.4) is 0 Å². The van der Waals surface area contributed by atoms with Crippen LogP contribution in [-0.2, 0) is 0 Å². The second kappa shape index (κ2) is 3.81. The molecule has 3 heteroatoms. The zero-order valence-electron chi connectivity index (χ0n) is 7.55. The molecule has 0 aliphatic rings. The molecule has 0 aromatic heterocycles. The maximum atomic E-state index is 5.78. The van der Waals surface area contributed by atoms with Gasteiger partial charge in [0.05, 0.1) is 10.7 Å². The lowest BCUT2D eigenvalue weighted by Crippen LogP contribution is -2.16. The SMILES string of the molecule is C=C(c1ccc(Cl)c(N)c1)C(C)N. The van der Waals surface area contributed by atoms with Crippen molar-refractivity contribution >= 4 is 22.9 Å². The topological polar surface area (TPSA) is 52.0 Å². The van der Waals surface area contributed by atoms with Crippen molar-refractivity contribution in [2.75, 3.05) is 5.73 Å². The monoisotopic (exact) mass is 196 g/mol. The van der Waals surface area contributed by atoms with Crippen molar-refractivity contribution in [2.45, 2.75) is 13.0 Å². The summed E-state index contributed by atoms with van der Waals surface area (Å²) in [6.45, 7) is 5.75. The van der Waals surface area contributed by atoms with E-state index in [1.54, 1.807) is 12.1 Å². The van der Waals surface area contributed by atoms with Crippen LogP contribution in [0.1, 0.15) is 12.5 Å². The molecule has 0 saturated carbocycles. The predicted octanol–water partition coefficient (Wildman–Crippen LogP) is 2.28. The first-order valence-electron chi connectivity index (χ1n) is 4.02. The Morgan fingerprint density at radius 3 is 2.62 bits per heavy atom. The molecule has 1 rings (SSSR count). The van der Waals surface area contributed by atoms with E-state index in [0.717, 1.165) is 11.1 Å². The molecular weight excluding hydrogens is 184 g/mol. The van der Waals surface area contributed by atoms with Gasteiger partial charge < -0.3 is 11.5 Å². The Hall–Kier alpha value is -0.990. The van der Waals surface area contributed by atoms with Crippen molar-refractivity contribution in [1.82, 2.24) is 0 Å². The van der Waals surface area contributed by atoms with E-state index in [1.807, 2.05) is 13.0 Å². The molecule has 1 aromatic rings. The highest BCUT2D eigenvalue weighted by Gasteiger charge is 2.05. The summed E-state index contributed by atoms with van der Waals surface area (Å²) in [6, 6.07) is 5.33. The number of rotatable bonds is 2. The summed E-state index contributed by atoms with van der Waals surface area (Å²) in [4.78, 5) is 0. The average Bonchev–Trinajstić information content (AvgIpc) is 2.08. The number of hydrogen-bond acceptors (Lipinski definition) is 2. The number of halogens is 1. The van der Waals surface area contributed by atoms with Crippen molar-refractivity contribution in [2.24, 2.45) is 5.73 Å². The number of nitrogens with two attached hydrogens (primary N) is 2. The molecule has 1 aromatic carbocycles. The summed E-state index contributed by atoms with van der Waals surface area (Å²) in [5.41, 5.74) is 13.7. The van der Waals surface area contributed by atoms with Gasteiger partial charge in [-0.25, -0.2) is 0 Å². The molecule has 2 nitrogen and oxygen atoms in total. The highest BCUT2D eigenvalue weighted by Crippen LogP contribution is 2.24. The van der Waals surface area contributed by atoms with Gasteiger partial charge in [0.15, 0.2) is 0 Å². The van der Waals surface area contributed by atoms with Crippen LogP contribution >= 0.6 is 11.6 Å². The fourth-order valence-electron chi connectivity index (χ4n) is 1.01. The molecular formula is C10H13ClN2. The first-order valence-corrected chi connectivity index (χ1v) is 4.40. The van der Waals surface area contributed by atoms with Gasteiger partial charge >= 0.3 is 0 Å². The van der Waals surface area contributed by atoms with E-state index in [4.69, 9.17) is 23.1 Å². The number of hydrogen-bond donors (Lipinski definition) is 2. The van der Waals surface area contributed by atoms with Crippen molar-refractivity contribution in [1.29, 1.82) is 0 Å². The van der Waals surface area contributed by atoms with Gasteiger partial charge in [-0.3, -0.25) is 0 Å². The van der Waals surface area contributed by atoms with Crippen LogP contribution in [0.2, 0.25) is 5.02 Å². The van der Waals surface area contributed by atoms with Gasteiger partial charge in [0.25, 0.3) is 0 Å². The Kier molecular flexibility index (Phi) is 2.96. The van der Waals surface area contributed by atoms with Crippen molar-refractivity contribution in [3.05, 3.63) is 35.4 Å². The zero-order chi connectivity index (χ0) is 10.0. The molecule has 0 fully saturated rings. The van der Waals surface area contributed by atoms with E-state index in [1.165, 1.54) is 0 Å². The lowest BCUT2D eigenvalue weighted by atomic mass is 10.0. The number of nitrogen functional groups attached to an aromatic ring is 1. The molecule has 13 heavy (non-hydrogen) atoms. The quantitative estimate of drug-likeness (QED) is 0.714. The van der Waals surface area contributed by atoms with Crippen LogP contribution < -0.4 is 11.5 Å². The Bertz CT molecular complexity index is 332. The molecule has 1 atom stereocenters. The standard InChI is InChI=1S/C10H13ClN2/c1-6(7(2)12)8-3-4-9(11)10(13)5-8/h3-5,7H,1,12-13H2,2H3. The molecule has 0 spiro atoms. The second-order valence-electron chi connectivity index (χ2n) is 3.05. The van der Waals surface area contributed by atoms with Crippen LogP contribution in [0.4, 0.5) is 5.69 Å². The van der Waals surface area contributed by atoms with E-state index in [0.29, 0.717) is 10.7 Å². The van der Waals surface area contributed by atoms with Gasteiger partial charge in [0.2, 0.25) is 0 Å². The number of benzene rings is 1. The summed E-state index contributed by atoms with van der Waals surface area (Å²) >= 11 is 5.78. The summed E-state index contributed by atoms with van der Waals surface area (Å²) in [7, 11) is 0. The largest absolute Gasteiger partial charge is 0.398 e. The summed E-state index contributed by atoms with van der Waals surface area (Å²) in [5, 5.41) is 0.557. The number of anilines is 1. The maximum Gasteiger partial charge on any atom is 0.0635 e. The second-order valence-corrected chi connectivity index (χ2v) is 3.46. The smallest absolute Gasteiger partial charge is 0.0635 e. The van der Waals surface area contributed by atoms with E-state index in [-0.39, 0.29) is 6.04 Å². The maximum absolute atomic E-state index is 5.78. The van der Waals surface area contributed by atoms with E-state index >= 15 is 0 Å². The van der Waals surface area contributed by atoms with Crippen molar-refractivity contribution in [3.63, 3.8) is 0 Å². The minimum absolute atomic E-state index is 0.0689. The van der Waals surface area contributed by atoms with E-state index < -0.39 is 0 Å². The van der Waals surface area contributed by atoms with Gasteiger partial charge in [-0.2, -0.15) is 0 Å². The van der Waals surface area contributed by atoms with Gasteiger partial charge in [-0.15, -0.1) is 0 Å². The van der Waals surface area contributed by atoms with Crippen LogP contribution in [0.25, 0.3) is 5.57 Å². The molecule has 0 bridgehead atoms. The molecule has 70 valence electrons. The summed E-state index contributed by atoms with van der Waals surface area (Å²) in [6.07, 6.45) is 0. The predicted molar refractivity (Wildman–Crippen MR) is 58.5 cm³/mol. The van der Waals surface area contributed by atoms with Crippen LogP contribution in [-0.4, -0.2) is 6.04 Å². The lowest BCUT2D eigenvalue weighted by Gasteiger charge is -2.10. The molecule has 0 amide bonds. The molecule has 4 N–H and O–H groups in total. The van der Waals surface area contributed by atoms with Gasteiger partial charge in [-0.05, 0) is 30.2 Å². The first-order chi connectivity index (χ1) is 6.02. The molecule has 0 heterocycles. The Morgan fingerprint density at radius 2 is 2.15 bits per heavy atom. The van der Waals surface area contributed by atoms with Crippen LogP contribution in [0, 0.1) is 0 Å².